The lowest BCUT2D eigenvalue weighted by Gasteiger charge is -2.27. The second-order valence-electron chi connectivity index (χ2n) is 7.58. The van der Waals surface area contributed by atoms with Crippen molar-refractivity contribution in [2.75, 3.05) is 12.0 Å². The average Bonchev–Trinajstić information content (AvgIpc) is 3.13. The van der Waals surface area contributed by atoms with E-state index >= 15 is 0 Å². The molecular weight excluding hydrogens is 434 g/mol. The molecule has 0 saturated heterocycles. The third kappa shape index (κ3) is 4.31. The lowest BCUT2D eigenvalue weighted by Crippen LogP contribution is -2.31. The van der Waals surface area contributed by atoms with Gasteiger partial charge in [0.25, 0.3) is 5.91 Å². The number of allylic oxidation sites excluding steroid dienone is 1. The molecule has 34 heavy (non-hydrogen) atoms. The van der Waals surface area contributed by atoms with Crippen molar-refractivity contribution < 1.29 is 29.3 Å². The number of methoxy groups -OCH3 is 1. The number of carboxylic acids is 1. The van der Waals surface area contributed by atoms with E-state index in [0.29, 0.717) is 11.3 Å². The maximum absolute atomic E-state index is 13.3. The number of ether oxygens (including phenoxy) is 1. The zero-order valence-corrected chi connectivity index (χ0v) is 18.2. The number of hydrogen-bond donors (Lipinski definition) is 2. The van der Waals surface area contributed by atoms with Crippen molar-refractivity contribution >= 4 is 29.4 Å². The van der Waals surface area contributed by atoms with Gasteiger partial charge >= 0.3 is 5.97 Å². The third-order valence-electron chi connectivity index (χ3n) is 5.48. The third-order valence-corrected chi connectivity index (χ3v) is 5.48. The van der Waals surface area contributed by atoms with Gasteiger partial charge in [0.2, 0.25) is 0 Å². The number of amides is 1. The zero-order valence-electron chi connectivity index (χ0n) is 18.2. The first-order valence-corrected chi connectivity index (χ1v) is 10.4. The summed E-state index contributed by atoms with van der Waals surface area (Å²) in [7, 11) is 1.50. The number of aliphatic hydroxyl groups excluding tert-OH is 1. The van der Waals surface area contributed by atoms with Crippen molar-refractivity contribution in [2.45, 2.75) is 6.04 Å². The van der Waals surface area contributed by atoms with Crippen LogP contribution in [0.3, 0.4) is 0 Å². The molecule has 1 aliphatic heterocycles. The number of ketones is 1. The van der Waals surface area contributed by atoms with Gasteiger partial charge in [-0.3, -0.25) is 14.5 Å². The molecule has 0 unspecified atom stereocenters. The van der Waals surface area contributed by atoms with Gasteiger partial charge in [0, 0.05) is 5.69 Å². The summed E-state index contributed by atoms with van der Waals surface area (Å²) >= 11 is 0. The lowest BCUT2D eigenvalue weighted by atomic mass is 9.95. The van der Waals surface area contributed by atoms with E-state index in [4.69, 9.17) is 4.74 Å². The summed E-state index contributed by atoms with van der Waals surface area (Å²) in [5.41, 5.74) is 1.40. The molecule has 3 aromatic carbocycles. The molecule has 2 N–H and O–H groups in total. The van der Waals surface area contributed by atoms with Gasteiger partial charge in [0.15, 0.2) is 11.5 Å². The fourth-order valence-electron chi connectivity index (χ4n) is 3.86. The summed E-state index contributed by atoms with van der Waals surface area (Å²) in [4.78, 5) is 39.2. The van der Waals surface area contributed by atoms with Crippen LogP contribution in [0.4, 0.5) is 5.69 Å². The minimum atomic E-state index is -1.16. The monoisotopic (exact) mass is 455 g/mol. The number of aromatic carboxylic acids is 1. The maximum atomic E-state index is 13.3. The van der Waals surface area contributed by atoms with Crippen LogP contribution in [0.2, 0.25) is 0 Å². The number of hydrogen-bond acceptors (Lipinski definition) is 5. The summed E-state index contributed by atoms with van der Waals surface area (Å²) < 4.78 is 5.30. The van der Waals surface area contributed by atoms with Crippen LogP contribution in [0.25, 0.3) is 6.08 Å². The molecule has 170 valence electrons. The number of aliphatic hydroxyl groups is 1. The van der Waals surface area contributed by atoms with Crippen molar-refractivity contribution in [3.8, 4) is 5.75 Å². The van der Waals surface area contributed by atoms with E-state index in [9.17, 15) is 24.6 Å². The standard InChI is InChI=1S/C27H21NO6/c1-34-21-12-6-9-18(16-21)24-23(22(29)14-13-17-7-3-2-4-8-17)25(30)26(31)28(24)20-11-5-10-19(15-20)27(32)33/h2-16,24,30H,1H3,(H,32,33)/b14-13+/t24-/m1/s1. The van der Waals surface area contributed by atoms with Gasteiger partial charge in [0.05, 0.1) is 24.3 Å². The molecule has 0 spiro atoms. The maximum Gasteiger partial charge on any atom is 0.335 e. The quantitative estimate of drug-likeness (QED) is 0.506. The number of anilines is 1. The van der Waals surface area contributed by atoms with E-state index < -0.39 is 29.5 Å². The highest BCUT2D eigenvalue weighted by Gasteiger charge is 2.44. The summed E-state index contributed by atoms with van der Waals surface area (Å²) in [6.45, 7) is 0. The van der Waals surface area contributed by atoms with E-state index in [1.807, 2.05) is 30.3 Å². The van der Waals surface area contributed by atoms with Gasteiger partial charge in [-0.2, -0.15) is 0 Å². The molecular formula is C27H21NO6. The fraction of sp³-hybridized carbons (Fsp3) is 0.0741. The molecule has 0 bridgehead atoms. The normalized spacial score (nSPS) is 15.7. The van der Waals surface area contributed by atoms with Crippen LogP contribution >= 0.6 is 0 Å². The Bertz CT molecular complexity index is 1330. The van der Waals surface area contributed by atoms with Crippen molar-refractivity contribution in [2.24, 2.45) is 0 Å². The van der Waals surface area contributed by atoms with E-state index in [1.54, 1.807) is 36.4 Å². The van der Waals surface area contributed by atoms with Crippen LogP contribution in [-0.4, -0.2) is 35.0 Å². The molecule has 0 aromatic heterocycles. The van der Waals surface area contributed by atoms with E-state index in [0.717, 1.165) is 5.56 Å². The van der Waals surface area contributed by atoms with Gasteiger partial charge in [0.1, 0.15) is 5.75 Å². The van der Waals surface area contributed by atoms with Crippen molar-refractivity contribution in [3.05, 3.63) is 113 Å². The summed E-state index contributed by atoms with van der Waals surface area (Å²) in [6.07, 6.45) is 2.90. The van der Waals surface area contributed by atoms with E-state index in [-0.39, 0.29) is 16.8 Å². The van der Waals surface area contributed by atoms with E-state index in [1.165, 1.54) is 36.3 Å². The number of carbonyl (C=O) groups excluding carboxylic acids is 2. The van der Waals surface area contributed by atoms with Crippen LogP contribution in [0, 0.1) is 0 Å². The number of carboxylic acid groups (broad SMARTS) is 1. The van der Waals surface area contributed by atoms with Crippen molar-refractivity contribution in [1.82, 2.24) is 0 Å². The Hall–Kier alpha value is -4.65. The molecule has 0 radical (unpaired) electrons. The molecule has 7 heteroatoms. The topological polar surface area (TPSA) is 104 Å². The highest BCUT2D eigenvalue weighted by molar-refractivity contribution is 6.20. The van der Waals surface area contributed by atoms with Crippen LogP contribution < -0.4 is 9.64 Å². The van der Waals surface area contributed by atoms with Crippen LogP contribution in [0.5, 0.6) is 5.75 Å². The first-order chi connectivity index (χ1) is 16.4. The Kier molecular flexibility index (Phi) is 6.27. The Morgan fingerprint density at radius 3 is 2.41 bits per heavy atom. The molecule has 4 rings (SSSR count). The second-order valence-corrected chi connectivity index (χ2v) is 7.58. The summed E-state index contributed by atoms with van der Waals surface area (Å²) in [5, 5.41) is 20.2. The smallest absolute Gasteiger partial charge is 0.335 e. The SMILES string of the molecule is COc1cccc([C@@H]2C(C(=O)/C=C/c3ccccc3)=C(O)C(=O)N2c2cccc(C(=O)O)c2)c1. The van der Waals surface area contributed by atoms with Crippen LogP contribution in [-0.2, 0) is 9.59 Å². The molecule has 3 aromatic rings. The molecule has 0 fully saturated rings. The Labute approximate surface area is 195 Å². The number of nitrogens with zero attached hydrogens (tertiary/aromatic N) is 1. The number of benzene rings is 3. The Morgan fingerprint density at radius 1 is 0.971 bits per heavy atom. The Morgan fingerprint density at radius 2 is 1.71 bits per heavy atom. The van der Waals surface area contributed by atoms with Gasteiger partial charge in [-0.15, -0.1) is 0 Å². The first-order valence-electron chi connectivity index (χ1n) is 10.4. The lowest BCUT2D eigenvalue weighted by molar-refractivity contribution is -0.117. The number of rotatable bonds is 7. The Balaban J connectivity index is 1.83. The van der Waals surface area contributed by atoms with Gasteiger partial charge in [-0.1, -0.05) is 54.6 Å². The van der Waals surface area contributed by atoms with Crippen molar-refractivity contribution in [1.29, 1.82) is 0 Å². The highest BCUT2D eigenvalue weighted by Crippen LogP contribution is 2.42. The van der Waals surface area contributed by atoms with Crippen LogP contribution in [0.15, 0.2) is 96.3 Å². The minimum Gasteiger partial charge on any atom is -0.503 e. The largest absolute Gasteiger partial charge is 0.503 e. The predicted octanol–water partition coefficient (Wildman–Crippen LogP) is 4.58. The van der Waals surface area contributed by atoms with Crippen molar-refractivity contribution in [3.63, 3.8) is 0 Å². The number of carbonyl (C=O) groups is 3. The molecule has 1 heterocycles. The molecule has 1 atom stereocenters. The second kappa shape index (κ2) is 9.46. The molecule has 0 aliphatic carbocycles. The molecule has 0 saturated carbocycles. The first kappa shape index (κ1) is 22.5. The van der Waals surface area contributed by atoms with Crippen LogP contribution in [0.1, 0.15) is 27.5 Å². The average molecular weight is 455 g/mol. The zero-order chi connectivity index (χ0) is 24.2. The predicted molar refractivity (Wildman–Crippen MR) is 127 cm³/mol. The highest BCUT2D eigenvalue weighted by atomic mass is 16.5. The summed E-state index contributed by atoms with van der Waals surface area (Å²) in [5.74, 6) is -2.68. The minimum absolute atomic E-state index is 0.0297. The molecule has 7 nitrogen and oxygen atoms in total. The molecule has 1 aliphatic rings. The summed E-state index contributed by atoms with van der Waals surface area (Å²) in [6, 6.07) is 20.7. The molecule has 1 amide bonds. The van der Waals surface area contributed by atoms with Gasteiger partial charge in [-0.25, -0.2) is 4.79 Å². The fourth-order valence-corrected chi connectivity index (χ4v) is 3.86. The van der Waals surface area contributed by atoms with Gasteiger partial charge in [-0.05, 0) is 47.5 Å². The van der Waals surface area contributed by atoms with Gasteiger partial charge < -0.3 is 14.9 Å². The van der Waals surface area contributed by atoms with E-state index in [2.05, 4.69) is 0 Å².